The van der Waals surface area contributed by atoms with Crippen molar-refractivity contribution in [3.05, 3.63) is 95.6 Å². The summed E-state index contributed by atoms with van der Waals surface area (Å²) in [5.74, 6) is -1.22. The average Bonchev–Trinajstić information content (AvgIpc) is 3.51. The van der Waals surface area contributed by atoms with Gasteiger partial charge in [0.15, 0.2) is 0 Å². The van der Waals surface area contributed by atoms with Crippen molar-refractivity contribution in [1.82, 2.24) is 15.1 Å². The van der Waals surface area contributed by atoms with E-state index in [0.29, 0.717) is 32.5 Å². The van der Waals surface area contributed by atoms with E-state index in [2.05, 4.69) is 34.5 Å². The standard InChI is InChI=1S/C33H35N3O5/c1-2-32(30(38)39)20-36(21-32)29(37)33(16-17-35(22-33)18-23-10-4-3-5-11-23)34-31(40)41-19-28-26-14-8-6-12-24(26)25-13-7-9-15-27(25)28/h3-15,28H,2,16-22H2,1H3,(H,34,40)(H,38,39). The summed E-state index contributed by atoms with van der Waals surface area (Å²) in [6.07, 6.45) is 0.229. The number of nitrogens with zero attached hydrogens (tertiary/aromatic N) is 2. The van der Waals surface area contributed by atoms with Crippen LogP contribution in [0.25, 0.3) is 11.1 Å². The SMILES string of the molecule is CCC1(C(=O)O)CN(C(=O)C2(NC(=O)OCC3c4ccccc4-c4ccccc43)CCN(Cc3ccccc3)C2)C1. The quantitative estimate of drug-likeness (QED) is 0.427. The number of carbonyl (C=O) groups excluding carboxylic acids is 2. The van der Waals surface area contributed by atoms with Gasteiger partial charge in [-0.3, -0.25) is 14.5 Å². The minimum absolute atomic E-state index is 0.0888. The van der Waals surface area contributed by atoms with E-state index in [1.807, 2.05) is 61.5 Å². The number of ether oxygens (including phenoxy) is 1. The molecular formula is C33H35N3O5. The van der Waals surface area contributed by atoms with E-state index in [4.69, 9.17) is 4.74 Å². The molecule has 2 N–H and O–H groups in total. The first kappa shape index (κ1) is 27.0. The number of hydrogen-bond donors (Lipinski definition) is 2. The summed E-state index contributed by atoms with van der Waals surface area (Å²) in [7, 11) is 0. The second-order valence-electron chi connectivity index (χ2n) is 11.6. The molecule has 8 nitrogen and oxygen atoms in total. The molecule has 212 valence electrons. The van der Waals surface area contributed by atoms with E-state index in [-0.39, 0.29) is 31.5 Å². The molecule has 2 heterocycles. The van der Waals surface area contributed by atoms with Gasteiger partial charge in [0.1, 0.15) is 17.6 Å². The molecule has 0 spiro atoms. The van der Waals surface area contributed by atoms with Gasteiger partial charge >= 0.3 is 12.1 Å². The van der Waals surface area contributed by atoms with Gasteiger partial charge in [-0.2, -0.15) is 0 Å². The maximum absolute atomic E-state index is 13.9. The zero-order chi connectivity index (χ0) is 28.6. The molecule has 1 atom stereocenters. The Kier molecular flexibility index (Phi) is 7.03. The van der Waals surface area contributed by atoms with Crippen LogP contribution in [0.15, 0.2) is 78.9 Å². The lowest BCUT2D eigenvalue weighted by molar-refractivity contribution is -0.169. The molecule has 3 aromatic carbocycles. The maximum Gasteiger partial charge on any atom is 0.408 e. The van der Waals surface area contributed by atoms with Gasteiger partial charge in [0.25, 0.3) is 0 Å². The third kappa shape index (κ3) is 4.86. The number of carboxylic acid groups (broad SMARTS) is 1. The summed E-state index contributed by atoms with van der Waals surface area (Å²) in [4.78, 5) is 42.9. The fraction of sp³-hybridized carbons (Fsp3) is 0.364. The number of rotatable bonds is 8. The molecule has 2 aliphatic heterocycles. The van der Waals surface area contributed by atoms with Gasteiger partial charge < -0.3 is 20.1 Å². The van der Waals surface area contributed by atoms with Crippen molar-refractivity contribution in [3.63, 3.8) is 0 Å². The van der Waals surface area contributed by atoms with E-state index >= 15 is 0 Å². The van der Waals surface area contributed by atoms with E-state index in [1.165, 1.54) is 0 Å². The van der Waals surface area contributed by atoms with E-state index in [0.717, 1.165) is 27.8 Å². The lowest BCUT2D eigenvalue weighted by atomic mass is 9.76. The molecule has 0 bridgehead atoms. The first-order valence-electron chi connectivity index (χ1n) is 14.3. The van der Waals surface area contributed by atoms with Crippen LogP contribution in [0.1, 0.15) is 42.4 Å². The monoisotopic (exact) mass is 553 g/mol. The number of benzene rings is 3. The molecule has 0 radical (unpaired) electrons. The third-order valence-electron chi connectivity index (χ3n) is 9.10. The van der Waals surface area contributed by atoms with Crippen LogP contribution in [0.2, 0.25) is 0 Å². The molecule has 2 saturated heterocycles. The van der Waals surface area contributed by atoms with Crippen molar-refractivity contribution in [2.24, 2.45) is 5.41 Å². The summed E-state index contributed by atoms with van der Waals surface area (Å²) < 4.78 is 5.83. The molecular weight excluding hydrogens is 518 g/mol. The molecule has 0 saturated carbocycles. The molecule has 3 aliphatic rings. The highest BCUT2D eigenvalue weighted by atomic mass is 16.5. The molecule has 1 aliphatic carbocycles. The predicted molar refractivity (Wildman–Crippen MR) is 154 cm³/mol. The van der Waals surface area contributed by atoms with Gasteiger partial charge in [0, 0.05) is 38.6 Å². The Labute approximate surface area is 239 Å². The number of carbonyl (C=O) groups is 3. The molecule has 2 amide bonds. The first-order valence-corrected chi connectivity index (χ1v) is 14.3. The zero-order valence-electron chi connectivity index (χ0n) is 23.2. The van der Waals surface area contributed by atoms with Gasteiger partial charge in [-0.25, -0.2) is 4.79 Å². The van der Waals surface area contributed by atoms with Crippen molar-refractivity contribution in [2.75, 3.05) is 32.8 Å². The molecule has 0 aromatic heterocycles. The summed E-state index contributed by atoms with van der Waals surface area (Å²) in [6, 6.07) is 26.3. The number of alkyl carbamates (subject to hydrolysis) is 1. The fourth-order valence-corrected chi connectivity index (χ4v) is 6.67. The van der Waals surface area contributed by atoms with E-state index in [9.17, 15) is 19.5 Å². The van der Waals surface area contributed by atoms with Crippen LogP contribution in [-0.4, -0.2) is 71.2 Å². The smallest absolute Gasteiger partial charge is 0.408 e. The average molecular weight is 554 g/mol. The molecule has 6 rings (SSSR count). The van der Waals surface area contributed by atoms with Crippen LogP contribution < -0.4 is 5.32 Å². The van der Waals surface area contributed by atoms with Crippen LogP contribution in [0.3, 0.4) is 0 Å². The highest BCUT2D eigenvalue weighted by Gasteiger charge is 2.56. The minimum Gasteiger partial charge on any atom is -0.481 e. The topological polar surface area (TPSA) is 99.2 Å². The molecule has 2 fully saturated rings. The largest absolute Gasteiger partial charge is 0.481 e. The van der Waals surface area contributed by atoms with Crippen LogP contribution in [-0.2, 0) is 20.9 Å². The minimum atomic E-state index is -1.18. The Hall–Kier alpha value is -4.17. The van der Waals surface area contributed by atoms with Crippen LogP contribution in [0.4, 0.5) is 4.79 Å². The Balaban J connectivity index is 1.18. The Morgan fingerprint density at radius 1 is 0.902 bits per heavy atom. The zero-order valence-corrected chi connectivity index (χ0v) is 23.2. The highest BCUT2D eigenvalue weighted by Crippen LogP contribution is 2.44. The van der Waals surface area contributed by atoms with Crippen molar-refractivity contribution in [2.45, 2.75) is 37.8 Å². The van der Waals surface area contributed by atoms with Crippen molar-refractivity contribution < 1.29 is 24.2 Å². The second kappa shape index (κ2) is 10.7. The fourth-order valence-electron chi connectivity index (χ4n) is 6.67. The van der Waals surface area contributed by atoms with Crippen molar-refractivity contribution >= 4 is 18.0 Å². The molecule has 8 heteroatoms. The summed E-state index contributed by atoms with van der Waals surface area (Å²) >= 11 is 0. The van der Waals surface area contributed by atoms with Gasteiger partial charge in [-0.15, -0.1) is 0 Å². The van der Waals surface area contributed by atoms with Crippen LogP contribution in [0.5, 0.6) is 0 Å². The van der Waals surface area contributed by atoms with Gasteiger partial charge in [-0.05, 0) is 40.7 Å². The van der Waals surface area contributed by atoms with Crippen LogP contribution >= 0.6 is 0 Å². The van der Waals surface area contributed by atoms with Crippen molar-refractivity contribution in [3.8, 4) is 11.1 Å². The van der Waals surface area contributed by atoms with Gasteiger partial charge in [0.2, 0.25) is 5.91 Å². The summed E-state index contributed by atoms with van der Waals surface area (Å²) in [5.41, 5.74) is 3.54. The van der Waals surface area contributed by atoms with E-state index < -0.39 is 23.0 Å². The number of nitrogens with one attached hydrogen (secondary N) is 1. The van der Waals surface area contributed by atoms with E-state index in [1.54, 1.807) is 4.90 Å². The number of fused-ring (bicyclic) bond motifs is 3. The van der Waals surface area contributed by atoms with Crippen LogP contribution in [0, 0.1) is 5.41 Å². The molecule has 41 heavy (non-hydrogen) atoms. The van der Waals surface area contributed by atoms with Gasteiger partial charge in [-0.1, -0.05) is 85.8 Å². The van der Waals surface area contributed by atoms with Gasteiger partial charge in [0.05, 0.1) is 0 Å². The predicted octanol–water partition coefficient (Wildman–Crippen LogP) is 4.49. The lowest BCUT2D eigenvalue weighted by Gasteiger charge is -2.49. The lowest BCUT2D eigenvalue weighted by Crippen LogP contribution is -2.69. The summed E-state index contributed by atoms with van der Waals surface area (Å²) in [6.45, 7) is 3.87. The Morgan fingerprint density at radius 3 is 2.12 bits per heavy atom. The number of amides is 2. The first-order chi connectivity index (χ1) is 19.8. The third-order valence-corrected chi connectivity index (χ3v) is 9.10. The number of likely N-dealkylation sites (tertiary alicyclic amines) is 2. The number of aliphatic carboxylic acids is 1. The number of hydrogen-bond acceptors (Lipinski definition) is 5. The Bertz CT molecular complexity index is 1420. The second-order valence-corrected chi connectivity index (χ2v) is 11.6. The Morgan fingerprint density at radius 2 is 1.51 bits per heavy atom. The summed E-state index contributed by atoms with van der Waals surface area (Å²) in [5, 5.41) is 12.7. The van der Waals surface area contributed by atoms with Crippen molar-refractivity contribution in [1.29, 1.82) is 0 Å². The normalized spacial score (nSPS) is 21.0. The maximum atomic E-state index is 13.9. The molecule has 1 unspecified atom stereocenters. The highest BCUT2D eigenvalue weighted by molar-refractivity contribution is 5.93. The number of carboxylic acids is 1. The molecule has 3 aromatic rings.